The lowest BCUT2D eigenvalue weighted by atomic mass is 9.99. The molecule has 0 aliphatic heterocycles. The molecule has 3 N–H and O–H groups in total. The highest BCUT2D eigenvalue weighted by Crippen LogP contribution is 2.45. The molecule has 0 saturated carbocycles. The van der Waals surface area contributed by atoms with E-state index in [4.69, 9.17) is 37.0 Å². The number of aliphatic hydroxyl groups is 1. The molecule has 0 amide bonds. The van der Waals surface area contributed by atoms with Crippen LogP contribution < -0.4 is 0 Å². The van der Waals surface area contributed by atoms with E-state index in [0.717, 1.165) is 108 Å². The van der Waals surface area contributed by atoms with Gasteiger partial charge in [-0.3, -0.25) is 37.3 Å². The zero-order valence-corrected chi connectivity index (χ0v) is 56.7. The van der Waals surface area contributed by atoms with Crippen molar-refractivity contribution in [3.8, 4) is 0 Å². The largest absolute Gasteiger partial charge is 0.472 e. The fraction of sp³-hybridized carbons (Fsp3) is 0.939. The number of hydrogen-bond acceptors (Lipinski definition) is 15. The van der Waals surface area contributed by atoms with E-state index in [1.807, 2.05) is 0 Å². The van der Waals surface area contributed by atoms with Crippen molar-refractivity contribution in [3.05, 3.63) is 0 Å². The highest BCUT2D eigenvalue weighted by molar-refractivity contribution is 7.47. The maximum absolute atomic E-state index is 13.0. The predicted molar refractivity (Wildman–Crippen MR) is 340 cm³/mol. The number of aliphatic hydroxyl groups excluding tert-OH is 1. The molecule has 504 valence electrons. The summed E-state index contributed by atoms with van der Waals surface area (Å²) in [6.45, 7) is 9.44. The Balaban J connectivity index is 5.18. The first-order chi connectivity index (χ1) is 40.9. The van der Waals surface area contributed by atoms with Gasteiger partial charge in [0.15, 0.2) is 12.2 Å². The van der Waals surface area contributed by atoms with Crippen molar-refractivity contribution in [3.63, 3.8) is 0 Å². The summed E-state index contributed by atoms with van der Waals surface area (Å²) in [6.07, 6.45) is 41.9. The molecule has 0 spiro atoms. The van der Waals surface area contributed by atoms with Gasteiger partial charge in [-0.05, 0) is 37.5 Å². The number of esters is 4. The highest BCUT2D eigenvalue weighted by Gasteiger charge is 2.30. The Hall–Kier alpha value is -1.94. The fourth-order valence-corrected chi connectivity index (χ4v) is 11.4. The number of carbonyl (C=O) groups excluding carboxylic acids is 4. The van der Waals surface area contributed by atoms with Gasteiger partial charge in [-0.2, -0.15) is 0 Å². The number of rotatable bonds is 65. The molecule has 6 atom stereocenters. The van der Waals surface area contributed by atoms with Crippen LogP contribution in [0.1, 0.15) is 330 Å². The van der Waals surface area contributed by atoms with Crippen LogP contribution in [0.25, 0.3) is 0 Å². The zero-order chi connectivity index (χ0) is 62.9. The predicted octanol–water partition coefficient (Wildman–Crippen LogP) is 18.4. The second-order valence-corrected chi connectivity index (χ2v) is 27.5. The quantitative estimate of drug-likeness (QED) is 0.0222. The van der Waals surface area contributed by atoms with Gasteiger partial charge in [0.1, 0.15) is 19.3 Å². The topological polar surface area (TPSA) is 237 Å². The molecule has 0 aliphatic carbocycles. The van der Waals surface area contributed by atoms with Gasteiger partial charge < -0.3 is 33.8 Å². The van der Waals surface area contributed by atoms with Crippen LogP contribution >= 0.6 is 15.6 Å². The zero-order valence-electron chi connectivity index (χ0n) is 54.9. The molecule has 0 fully saturated rings. The van der Waals surface area contributed by atoms with Crippen molar-refractivity contribution in [2.24, 2.45) is 11.8 Å². The molecule has 0 radical (unpaired) electrons. The molecule has 0 aliphatic rings. The van der Waals surface area contributed by atoms with E-state index in [2.05, 4.69) is 41.5 Å². The van der Waals surface area contributed by atoms with E-state index >= 15 is 0 Å². The van der Waals surface area contributed by atoms with Crippen LogP contribution in [-0.2, 0) is 65.4 Å². The summed E-state index contributed by atoms with van der Waals surface area (Å²) in [5.41, 5.74) is 0. The van der Waals surface area contributed by atoms with Crippen molar-refractivity contribution in [2.75, 3.05) is 39.6 Å². The Labute approximate surface area is 517 Å². The molecule has 17 nitrogen and oxygen atoms in total. The van der Waals surface area contributed by atoms with Crippen molar-refractivity contribution >= 4 is 39.5 Å². The third-order valence-electron chi connectivity index (χ3n) is 15.6. The van der Waals surface area contributed by atoms with Crippen LogP contribution in [0, 0.1) is 11.8 Å². The first-order valence-corrected chi connectivity index (χ1v) is 37.5. The third kappa shape index (κ3) is 59.5. The second kappa shape index (κ2) is 58.4. The molecule has 3 unspecified atom stereocenters. The van der Waals surface area contributed by atoms with Crippen LogP contribution in [0.4, 0.5) is 0 Å². The van der Waals surface area contributed by atoms with Crippen LogP contribution in [-0.4, -0.2) is 96.7 Å². The highest BCUT2D eigenvalue weighted by atomic mass is 31.2. The van der Waals surface area contributed by atoms with Crippen LogP contribution in [0.5, 0.6) is 0 Å². The molecule has 0 bridgehead atoms. The van der Waals surface area contributed by atoms with Gasteiger partial charge in [0, 0.05) is 25.7 Å². The van der Waals surface area contributed by atoms with Crippen LogP contribution in [0.15, 0.2) is 0 Å². The van der Waals surface area contributed by atoms with E-state index < -0.39 is 97.5 Å². The van der Waals surface area contributed by atoms with Gasteiger partial charge in [0.05, 0.1) is 26.4 Å². The molecule has 0 aromatic rings. The Bertz CT molecular complexity index is 1670. The number of ether oxygens (including phenoxy) is 4. The van der Waals surface area contributed by atoms with Gasteiger partial charge in [0.2, 0.25) is 0 Å². The summed E-state index contributed by atoms with van der Waals surface area (Å²) >= 11 is 0. The minimum absolute atomic E-state index is 0.104. The average Bonchev–Trinajstić information content (AvgIpc) is 3.56. The van der Waals surface area contributed by atoms with Crippen molar-refractivity contribution in [1.29, 1.82) is 0 Å². The Morgan fingerprint density at radius 2 is 0.600 bits per heavy atom. The molecule has 0 rings (SSSR count). The number of hydrogen-bond donors (Lipinski definition) is 3. The van der Waals surface area contributed by atoms with Crippen LogP contribution in [0.2, 0.25) is 0 Å². The van der Waals surface area contributed by atoms with E-state index in [0.29, 0.717) is 25.7 Å². The first-order valence-electron chi connectivity index (χ1n) is 34.5. The van der Waals surface area contributed by atoms with Gasteiger partial charge in [0.25, 0.3) is 0 Å². The van der Waals surface area contributed by atoms with Crippen molar-refractivity contribution < 1.29 is 80.2 Å². The van der Waals surface area contributed by atoms with Gasteiger partial charge in [-0.25, -0.2) is 9.13 Å². The lowest BCUT2D eigenvalue weighted by Crippen LogP contribution is -2.30. The average molecular weight is 1260 g/mol. The number of carbonyl (C=O) groups is 4. The van der Waals surface area contributed by atoms with Crippen molar-refractivity contribution in [1.82, 2.24) is 0 Å². The number of unbranched alkanes of at least 4 members (excludes halogenated alkanes) is 34. The van der Waals surface area contributed by atoms with Gasteiger partial charge in [-0.15, -0.1) is 0 Å². The van der Waals surface area contributed by atoms with E-state index in [9.17, 15) is 43.2 Å². The Morgan fingerprint density at radius 3 is 0.894 bits per heavy atom. The monoisotopic (exact) mass is 1250 g/mol. The fourth-order valence-electron chi connectivity index (χ4n) is 9.85. The van der Waals surface area contributed by atoms with Gasteiger partial charge in [-0.1, -0.05) is 279 Å². The van der Waals surface area contributed by atoms with E-state index in [1.54, 1.807) is 0 Å². The minimum Gasteiger partial charge on any atom is -0.462 e. The minimum atomic E-state index is -4.95. The summed E-state index contributed by atoms with van der Waals surface area (Å²) < 4.78 is 67.9. The lowest BCUT2D eigenvalue weighted by molar-refractivity contribution is -0.161. The summed E-state index contributed by atoms with van der Waals surface area (Å²) in [5, 5.41) is 10.5. The van der Waals surface area contributed by atoms with Gasteiger partial charge >= 0.3 is 39.5 Å². The molecule has 0 aromatic carbocycles. The summed E-state index contributed by atoms with van der Waals surface area (Å²) in [5.74, 6) is -0.594. The van der Waals surface area contributed by atoms with E-state index in [-0.39, 0.29) is 25.7 Å². The van der Waals surface area contributed by atoms with E-state index in [1.165, 1.54) is 141 Å². The molecule has 19 heteroatoms. The van der Waals surface area contributed by atoms with Crippen molar-refractivity contribution in [2.45, 2.75) is 349 Å². The molecular formula is C66H128O17P2. The normalized spacial score (nSPS) is 14.6. The maximum Gasteiger partial charge on any atom is 0.472 e. The van der Waals surface area contributed by atoms with Crippen LogP contribution in [0.3, 0.4) is 0 Å². The smallest absolute Gasteiger partial charge is 0.462 e. The lowest BCUT2D eigenvalue weighted by Gasteiger charge is -2.21. The number of phosphoric acid groups is 2. The molecular weight excluding hydrogens is 1130 g/mol. The standard InChI is InChI=1S/C66H128O17P2/c1-7-10-12-14-15-16-17-18-22-25-31-37-43-49-64(69)77-55-62(83-65(70)50-44-38-32-26-23-20-19-21-24-29-35-40-46-58(4)5)57-81-85(74,75)79-53-60(67)52-78-84(72,73)80-56-61(54-76-63(68)48-42-34-13-11-8-2)82-66(71)51-45-39-33-28-27-30-36-41-47-59(6)9-3/h58-62,67H,7-57H2,1-6H3,(H,72,73)(H,74,75)/t59?,60-,61+,62+/m0/s1. The second-order valence-electron chi connectivity index (χ2n) is 24.6. The maximum atomic E-state index is 13.0. The molecule has 0 aromatic heterocycles. The number of phosphoric ester groups is 2. The molecule has 0 saturated heterocycles. The summed E-state index contributed by atoms with van der Waals surface area (Å²) in [6, 6.07) is 0. The first kappa shape index (κ1) is 83.1. The molecule has 85 heavy (non-hydrogen) atoms. The summed E-state index contributed by atoms with van der Waals surface area (Å²) in [7, 11) is -9.88. The summed E-state index contributed by atoms with van der Waals surface area (Å²) in [4.78, 5) is 72.1. The Kier molecular flexibility index (Phi) is 57.1. The third-order valence-corrected chi connectivity index (χ3v) is 17.5. The Morgan fingerprint density at radius 1 is 0.341 bits per heavy atom. The molecule has 0 heterocycles. The SMILES string of the molecule is CCCCCCCCCCCCCCCC(=O)OC[C@H](COP(=O)(O)OC[C@@H](O)COP(=O)(O)OC[C@@H](COC(=O)CCCCCCC)OC(=O)CCCCCCCCCCC(C)CC)OC(=O)CCCCCCCCCCCCCCC(C)C.